The van der Waals surface area contributed by atoms with Crippen molar-refractivity contribution in [2.75, 3.05) is 0 Å². The zero-order valence-electron chi connectivity index (χ0n) is 11.0. The van der Waals surface area contributed by atoms with Gasteiger partial charge in [-0.3, -0.25) is 0 Å². The quantitative estimate of drug-likeness (QED) is 0.451. The van der Waals surface area contributed by atoms with Crippen molar-refractivity contribution >= 4 is 48.0 Å². The lowest BCUT2D eigenvalue weighted by Gasteiger charge is -2.01. The third-order valence-electron chi connectivity index (χ3n) is 3.37. The molecule has 18 heavy (non-hydrogen) atoms. The van der Waals surface area contributed by atoms with Crippen LogP contribution < -0.4 is 0 Å². The van der Waals surface area contributed by atoms with Gasteiger partial charge in [0.05, 0.1) is 3.79 Å². The van der Waals surface area contributed by atoms with Crippen LogP contribution in [0.2, 0.25) is 0 Å². The molecule has 0 aliphatic rings. The lowest BCUT2D eigenvalue weighted by atomic mass is 10.1. The van der Waals surface area contributed by atoms with Crippen molar-refractivity contribution in [2.45, 2.75) is 58.3 Å². The molecule has 100 valence electrons. The molecule has 0 amide bonds. The minimum atomic E-state index is 1.24. The van der Waals surface area contributed by atoms with Gasteiger partial charge < -0.3 is 0 Å². The molecule has 0 aromatic carbocycles. The largest absolute Gasteiger partial charge is 0.143 e. The van der Waals surface area contributed by atoms with E-state index in [0.717, 1.165) is 0 Å². The fraction of sp³-hybridized carbons (Fsp3) is 0.600. The van der Waals surface area contributed by atoms with E-state index in [1.807, 2.05) is 22.7 Å². The Labute approximate surface area is 127 Å². The van der Waals surface area contributed by atoms with Crippen molar-refractivity contribution in [1.82, 2.24) is 0 Å². The maximum Gasteiger partial charge on any atom is 0.0751 e. The lowest BCUT2D eigenvalue weighted by molar-refractivity contribution is 0.590. The highest BCUT2D eigenvalue weighted by Gasteiger charge is 2.10. The second kappa shape index (κ2) is 7.66. The molecule has 2 rings (SSSR count). The predicted octanol–water partition coefficient (Wildman–Crippen LogP) is 7.02. The number of halogens is 1. The highest BCUT2D eigenvalue weighted by atomic mass is 79.9. The lowest BCUT2D eigenvalue weighted by Crippen LogP contribution is -1.85. The van der Waals surface area contributed by atoms with E-state index in [2.05, 4.69) is 34.3 Å². The first kappa shape index (κ1) is 14.5. The maximum absolute atomic E-state index is 3.72. The van der Waals surface area contributed by atoms with Crippen LogP contribution >= 0.6 is 38.6 Å². The van der Waals surface area contributed by atoms with Crippen LogP contribution in [0.4, 0.5) is 0 Å². The fourth-order valence-electron chi connectivity index (χ4n) is 2.32. The fourth-order valence-corrected chi connectivity index (χ4v) is 5.53. The van der Waals surface area contributed by atoms with Crippen LogP contribution in [0.1, 0.15) is 57.4 Å². The molecule has 2 heterocycles. The smallest absolute Gasteiger partial charge is 0.0751 e. The number of aryl methyl sites for hydroxylation is 1. The van der Waals surface area contributed by atoms with Gasteiger partial charge >= 0.3 is 0 Å². The van der Waals surface area contributed by atoms with Crippen molar-refractivity contribution in [2.24, 2.45) is 0 Å². The van der Waals surface area contributed by atoms with Crippen LogP contribution in [0.15, 0.2) is 15.2 Å². The van der Waals surface area contributed by atoms with Gasteiger partial charge in [0.1, 0.15) is 0 Å². The summed E-state index contributed by atoms with van der Waals surface area (Å²) >= 11 is 7.49. The van der Waals surface area contributed by atoms with E-state index in [4.69, 9.17) is 0 Å². The second-order valence-electron chi connectivity index (χ2n) is 4.84. The van der Waals surface area contributed by atoms with Crippen LogP contribution in [-0.2, 0) is 6.42 Å². The molecule has 0 nitrogen and oxygen atoms in total. The third kappa shape index (κ3) is 3.82. The van der Waals surface area contributed by atoms with Gasteiger partial charge in [0, 0.05) is 9.40 Å². The van der Waals surface area contributed by atoms with E-state index in [1.54, 1.807) is 5.56 Å². The Morgan fingerprint density at radius 1 is 1.06 bits per heavy atom. The average molecular weight is 345 g/mol. The first-order chi connectivity index (χ1) is 8.83. The first-order valence-electron chi connectivity index (χ1n) is 6.97. The molecule has 0 saturated heterocycles. The van der Waals surface area contributed by atoms with Gasteiger partial charge in [0.25, 0.3) is 0 Å². The molecule has 0 unspecified atom stereocenters. The Kier molecular flexibility index (Phi) is 6.19. The van der Waals surface area contributed by atoms with Crippen LogP contribution in [0, 0.1) is 0 Å². The number of hydrogen-bond acceptors (Lipinski definition) is 2. The zero-order valence-corrected chi connectivity index (χ0v) is 14.2. The van der Waals surface area contributed by atoms with Gasteiger partial charge in [-0.15, -0.1) is 22.7 Å². The molecule has 0 spiro atoms. The van der Waals surface area contributed by atoms with Crippen LogP contribution in [-0.4, -0.2) is 0 Å². The van der Waals surface area contributed by atoms with E-state index < -0.39 is 0 Å². The SMILES string of the molecule is CCCCCCCCCc1c(Br)sc2ccsc12. The van der Waals surface area contributed by atoms with Crippen LogP contribution in [0.3, 0.4) is 0 Å². The van der Waals surface area contributed by atoms with E-state index in [-0.39, 0.29) is 0 Å². The molecule has 0 aliphatic carbocycles. The van der Waals surface area contributed by atoms with Gasteiger partial charge in [-0.05, 0) is 45.8 Å². The van der Waals surface area contributed by atoms with Crippen molar-refractivity contribution in [3.8, 4) is 0 Å². The van der Waals surface area contributed by atoms with Gasteiger partial charge in [-0.25, -0.2) is 0 Å². The number of fused-ring (bicyclic) bond motifs is 1. The molecular weight excluding hydrogens is 324 g/mol. The summed E-state index contributed by atoms with van der Waals surface area (Å²) in [5.41, 5.74) is 1.55. The summed E-state index contributed by atoms with van der Waals surface area (Å²) < 4.78 is 4.32. The second-order valence-corrected chi connectivity index (χ2v) is 8.13. The average Bonchev–Trinajstić information content (AvgIpc) is 2.90. The van der Waals surface area contributed by atoms with Crippen molar-refractivity contribution < 1.29 is 0 Å². The predicted molar refractivity (Wildman–Crippen MR) is 89.1 cm³/mol. The molecule has 2 aromatic rings. The molecular formula is C15H21BrS2. The van der Waals surface area contributed by atoms with Crippen molar-refractivity contribution in [3.05, 3.63) is 20.8 Å². The normalized spacial score (nSPS) is 11.4. The maximum atomic E-state index is 3.72. The van der Waals surface area contributed by atoms with Gasteiger partial charge in [-0.1, -0.05) is 45.4 Å². The number of thiophene rings is 2. The number of unbranched alkanes of at least 4 members (excludes halogenated alkanes) is 6. The van der Waals surface area contributed by atoms with Gasteiger partial charge in [0.15, 0.2) is 0 Å². The molecule has 0 aliphatic heterocycles. The molecule has 2 aromatic heterocycles. The van der Waals surface area contributed by atoms with Crippen molar-refractivity contribution in [3.63, 3.8) is 0 Å². The minimum absolute atomic E-state index is 1.24. The Balaban J connectivity index is 1.73. The molecule has 0 saturated carbocycles. The minimum Gasteiger partial charge on any atom is -0.143 e. The standard InChI is InChI=1S/C15H21BrS2/c1-2-3-4-5-6-7-8-9-12-14-13(10-11-17-14)18-15(12)16/h10-11H,2-9H2,1H3. The van der Waals surface area contributed by atoms with E-state index in [1.165, 1.54) is 64.6 Å². The molecule has 0 N–H and O–H groups in total. The summed E-state index contributed by atoms with van der Waals surface area (Å²) in [4.78, 5) is 0. The summed E-state index contributed by atoms with van der Waals surface area (Å²) in [6.07, 6.45) is 11.0. The summed E-state index contributed by atoms with van der Waals surface area (Å²) in [7, 11) is 0. The van der Waals surface area contributed by atoms with E-state index >= 15 is 0 Å². The van der Waals surface area contributed by atoms with Crippen LogP contribution in [0.5, 0.6) is 0 Å². The molecule has 0 bridgehead atoms. The van der Waals surface area contributed by atoms with E-state index in [0.29, 0.717) is 0 Å². The Morgan fingerprint density at radius 3 is 2.56 bits per heavy atom. The Bertz CT molecular complexity index is 470. The van der Waals surface area contributed by atoms with E-state index in [9.17, 15) is 0 Å². The molecule has 0 fully saturated rings. The summed E-state index contributed by atoms with van der Waals surface area (Å²) in [6, 6.07) is 2.24. The summed E-state index contributed by atoms with van der Waals surface area (Å²) in [5, 5.41) is 2.21. The topological polar surface area (TPSA) is 0 Å². The third-order valence-corrected chi connectivity index (χ3v) is 6.42. The molecule has 0 radical (unpaired) electrons. The highest BCUT2D eigenvalue weighted by molar-refractivity contribution is 9.11. The Hall–Kier alpha value is 0.140. The Morgan fingerprint density at radius 2 is 1.78 bits per heavy atom. The van der Waals surface area contributed by atoms with Crippen LogP contribution in [0.25, 0.3) is 9.40 Å². The number of rotatable bonds is 8. The first-order valence-corrected chi connectivity index (χ1v) is 9.46. The van der Waals surface area contributed by atoms with Gasteiger partial charge in [0.2, 0.25) is 0 Å². The van der Waals surface area contributed by atoms with Crippen molar-refractivity contribution in [1.29, 1.82) is 0 Å². The zero-order chi connectivity index (χ0) is 12.8. The monoisotopic (exact) mass is 344 g/mol. The molecule has 0 atom stereocenters. The molecule has 3 heteroatoms. The highest BCUT2D eigenvalue weighted by Crippen LogP contribution is 2.39. The number of hydrogen-bond donors (Lipinski definition) is 0. The van der Waals surface area contributed by atoms with Gasteiger partial charge in [-0.2, -0.15) is 0 Å². The summed E-state index contributed by atoms with van der Waals surface area (Å²) in [5.74, 6) is 0. The summed E-state index contributed by atoms with van der Waals surface area (Å²) in [6.45, 7) is 2.28.